The first-order valence-corrected chi connectivity index (χ1v) is 7.48. The molecule has 5 heteroatoms. The second kappa shape index (κ2) is 5.70. The molecule has 3 rings (SSSR count). The largest absolute Gasteiger partial charge is 0.330 e. The maximum atomic E-state index is 13.3. The molecule has 1 aliphatic carbocycles. The fourth-order valence-electron chi connectivity index (χ4n) is 2.82. The highest BCUT2D eigenvalue weighted by atomic mass is 35.5. The first-order valence-electron chi connectivity index (χ1n) is 7.10. The Morgan fingerprint density at radius 1 is 1.38 bits per heavy atom. The Kier molecular flexibility index (Phi) is 3.91. The zero-order chi connectivity index (χ0) is 15.0. The van der Waals surface area contributed by atoms with E-state index < -0.39 is 5.82 Å². The fourth-order valence-corrected chi connectivity index (χ4v) is 3.01. The number of benzene rings is 1. The summed E-state index contributed by atoms with van der Waals surface area (Å²) < 4.78 is 13.3. The molecule has 1 unspecified atom stereocenters. The molecule has 21 heavy (non-hydrogen) atoms. The number of nitrogens with zero attached hydrogens (tertiary/aromatic N) is 2. The van der Waals surface area contributed by atoms with Crippen LogP contribution >= 0.6 is 11.6 Å². The van der Waals surface area contributed by atoms with Crippen LogP contribution in [-0.2, 0) is 12.8 Å². The van der Waals surface area contributed by atoms with Crippen LogP contribution in [0.2, 0.25) is 5.02 Å². The number of hydrogen-bond donors (Lipinski definition) is 1. The maximum absolute atomic E-state index is 13.3. The zero-order valence-corrected chi connectivity index (χ0v) is 12.6. The Hall–Kier alpha value is -1.52. The van der Waals surface area contributed by atoms with Crippen molar-refractivity contribution in [3.63, 3.8) is 0 Å². The lowest BCUT2D eigenvalue weighted by Crippen LogP contribution is -2.24. The molecule has 0 saturated carbocycles. The van der Waals surface area contributed by atoms with E-state index in [9.17, 15) is 4.39 Å². The van der Waals surface area contributed by atoms with Gasteiger partial charge in [-0.15, -0.1) is 0 Å². The third kappa shape index (κ3) is 2.78. The van der Waals surface area contributed by atoms with Gasteiger partial charge in [-0.1, -0.05) is 11.6 Å². The van der Waals surface area contributed by atoms with E-state index in [1.165, 1.54) is 11.6 Å². The van der Waals surface area contributed by atoms with Crippen LogP contribution in [0.5, 0.6) is 0 Å². The van der Waals surface area contributed by atoms with E-state index >= 15 is 0 Å². The molecule has 110 valence electrons. The van der Waals surface area contributed by atoms with Gasteiger partial charge in [-0.25, -0.2) is 14.4 Å². The Balaban J connectivity index is 2.02. The zero-order valence-electron chi connectivity index (χ0n) is 11.9. The third-order valence-corrected chi connectivity index (χ3v) is 4.38. The number of halogens is 2. The molecule has 1 aromatic carbocycles. The Bertz CT molecular complexity index is 687. The van der Waals surface area contributed by atoms with E-state index in [0.29, 0.717) is 18.3 Å². The van der Waals surface area contributed by atoms with Crippen LogP contribution in [0.15, 0.2) is 18.2 Å². The molecule has 2 aromatic rings. The van der Waals surface area contributed by atoms with Gasteiger partial charge in [-0.3, -0.25) is 0 Å². The predicted molar refractivity (Wildman–Crippen MR) is 81.7 cm³/mol. The summed E-state index contributed by atoms with van der Waals surface area (Å²) in [6.07, 6.45) is 2.92. The van der Waals surface area contributed by atoms with Crippen molar-refractivity contribution >= 4 is 11.6 Å². The van der Waals surface area contributed by atoms with Crippen LogP contribution in [0.25, 0.3) is 11.4 Å². The highest BCUT2D eigenvalue weighted by molar-refractivity contribution is 6.31. The molecule has 0 aliphatic heterocycles. The van der Waals surface area contributed by atoms with Gasteiger partial charge < -0.3 is 5.73 Å². The van der Waals surface area contributed by atoms with E-state index in [4.69, 9.17) is 17.3 Å². The van der Waals surface area contributed by atoms with Gasteiger partial charge in [0, 0.05) is 17.0 Å². The number of aryl methyl sites for hydroxylation is 2. The lowest BCUT2D eigenvalue weighted by atomic mass is 9.86. The minimum Gasteiger partial charge on any atom is -0.330 e. The second-order valence-electron chi connectivity index (χ2n) is 5.53. The molecule has 0 saturated heterocycles. The van der Waals surface area contributed by atoms with Crippen LogP contribution in [-0.4, -0.2) is 16.5 Å². The lowest BCUT2D eigenvalue weighted by Gasteiger charge is -2.24. The van der Waals surface area contributed by atoms with Crippen molar-refractivity contribution < 1.29 is 4.39 Å². The summed E-state index contributed by atoms with van der Waals surface area (Å²) in [6.45, 7) is 2.70. The van der Waals surface area contributed by atoms with E-state index in [2.05, 4.69) is 9.97 Å². The number of nitrogens with two attached hydrogens (primary N) is 1. The average Bonchev–Trinajstić information content (AvgIpc) is 2.49. The number of aromatic nitrogens is 2. The van der Waals surface area contributed by atoms with Crippen molar-refractivity contribution in [2.45, 2.75) is 26.2 Å². The Morgan fingerprint density at radius 3 is 2.90 bits per heavy atom. The van der Waals surface area contributed by atoms with Gasteiger partial charge in [0.2, 0.25) is 0 Å². The Morgan fingerprint density at radius 2 is 2.19 bits per heavy atom. The van der Waals surface area contributed by atoms with Crippen molar-refractivity contribution in [2.75, 3.05) is 6.54 Å². The van der Waals surface area contributed by atoms with Crippen molar-refractivity contribution in [3.8, 4) is 11.4 Å². The molecule has 0 radical (unpaired) electrons. The maximum Gasteiger partial charge on any atom is 0.159 e. The summed E-state index contributed by atoms with van der Waals surface area (Å²) in [5.41, 5.74) is 9.80. The topological polar surface area (TPSA) is 51.8 Å². The van der Waals surface area contributed by atoms with Crippen LogP contribution in [0.3, 0.4) is 0 Å². The normalized spacial score (nSPS) is 17.6. The average molecular weight is 306 g/mol. The molecule has 1 atom stereocenters. The summed E-state index contributed by atoms with van der Waals surface area (Å²) >= 11 is 5.84. The number of hydrogen-bond acceptors (Lipinski definition) is 3. The van der Waals surface area contributed by atoms with Crippen molar-refractivity contribution in [1.82, 2.24) is 9.97 Å². The van der Waals surface area contributed by atoms with Gasteiger partial charge in [0.15, 0.2) is 5.82 Å². The summed E-state index contributed by atoms with van der Waals surface area (Å²) in [7, 11) is 0. The molecule has 1 heterocycles. The fraction of sp³-hybridized carbons (Fsp3) is 0.375. The SMILES string of the molecule is Cc1nc(-c2ccc(F)c(Cl)c2)nc2c1CC(CN)CC2. The third-order valence-electron chi connectivity index (χ3n) is 4.09. The quantitative estimate of drug-likeness (QED) is 0.926. The van der Waals surface area contributed by atoms with E-state index in [0.717, 1.165) is 36.2 Å². The summed E-state index contributed by atoms with van der Waals surface area (Å²) in [4.78, 5) is 9.21. The van der Waals surface area contributed by atoms with E-state index in [1.807, 2.05) is 6.92 Å². The van der Waals surface area contributed by atoms with E-state index in [1.54, 1.807) is 12.1 Å². The highest BCUT2D eigenvalue weighted by Crippen LogP contribution is 2.29. The molecule has 0 bridgehead atoms. The van der Waals surface area contributed by atoms with Gasteiger partial charge in [0.1, 0.15) is 5.82 Å². The van der Waals surface area contributed by atoms with Crippen LogP contribution in [0, 0.1) is 18.7 Å². The van der Waals surface area contributed by atoms with Crippen LogP contribution < -0.4 is 5.73 Å². The minimum absolute atomic E-state index is 0.0923. The van der Waals surface area contributed by atoms with Crippen molar-refractivity contribution in [3.05, 3.63) is 46.0 Å². The highest BCUT2D eigenvalue weighted by Gasteiger charge is 2.22. The molecule has 0 amide bonds. The first kappa shape index (κ1) is 14.4. The Labute approximate surface area is 128 Å². The summed E-state index contributed by atoms with van der Waals surface area (Å²) in [5.74, 6) is 0.700. The molecule has 3 nitrogen and oxygen atoms in total. The molecule has 0 fully saturated rings. The van der Waals surface area contributed by atoms with Gasteiger partial charge in [0.05, 0.1) is 5.02 Å². The van der Waals surface area contributed by atoms with Crippen molar-refractivity contribution in [1.29, 1.82) is 0 Å². The monoisotopic (exact) mass is 305 g/mol. The molecule has 1 aliphatic rings. The molecular weight excluding hydrogens is 289 g/mol. The minimum atomic E-state index is -0.430. The number of fused-ring (bicyclic) bond motifs is 1. The molecule has 0 spiro atoms. The molecule has 1 aromatic heterocycles. The van der Waals surface area contributed by atoms with Crippen LogP contribution in [0.4, 0.5) is 4.39 Å². The van der Waals surface area contributed by atoms with Gasteiger partial charge in [-0.2, -0.15) is 0 Å². The predicted octanol–water partition coefficient (Wildman–Crippen LogP) is 3.31. The first-order chi connectivity index (χ1) is 10.1. The van der Waals surface area contributed by atoms with Crippen molar-refractivity contribution in [2.24, 2.45) is 11.7 Å². The standard InChI is InChI=1S/C16H17ClFN3/c1-9-12-6-10(8-19)2-5-15(12)21-16(20-9)11-3-4-14(18)13(17)7-11/h3-4,7,10H,2,5-6,8,19H2,1H3. The smallest absolute Gasteiger partial charge is 0.159 e. The summed E-state index contributed by atoms with van der Waals surface area (Å²) in [6, 6.07) is 4.58. The van der Waals surface area contributed by atoms with Gasteiger partial charge in [-0.05, 0) is 62.4 Å². The van der Waals surface area contributed by atoms with Crippen LogP contribution in [0.1, 0.15) is 23.4 Å². The van der Waals surface area contributed by atoms with E-state index in [-0.39, 0.29) is 5.02 Å². The van der Waals surface area contributed by atoms with Gasteiger partial charge in [0.25, 0.3) is 0 Å². The number of rotatable bonds is 2. The molecule has 2 N–H and O–H groups in total. The molecular formula is C16H17ClFN3. The lowest BCUT2D eigenvalue weighted by molar-refractivity contribution is 0.460. The second-order valence-corrected chi connectivity index (χ2v) is 5.94. The summed E-state index contributed by atoms with van der Waals surface area (Å²) in [5, 5.41) is 0.0923. The van der Waals surface area contributed by atoms with Gasteiger partial charge >= 0.3 is 0 Å².